The molecule has 1 unspecified atom stereocenters. The van der Waals surface area contributed by atoms with Gasteiger partial charge in [0.05, 0.1) is 12.2 Å². The number of carbonyl (C=O) groups excluding carboxylic acids is 2. The van der Waals surface area contributed by atoms with Crippen LogP contribution in [-0.4, -0.2) is 45.2 Å². The number of hydrogen-bond acceptors (Lipinski definition) is 4. The van der Waals surface area contributed by atoms with Gasteiger partial charge in [-0.15, -0.1) is 11.6 Å². The summed E-state index contributed by atoms with van der Waals surface area (Å²) >= 11 is 6.33. The molecule has 7 heteroatoms. The standard InChI is InChI=1S/C23H28ClN3O3/c1-30-15-12-25-22(28)19-16-18(10-11-20(19)27-13-6-3-7-14-27)26-23(29)21(24)17-8-4-2-5-9-17/h2,4-5,8-11,16,21H,3,6-7,12-15H2,1H3,(H,25,28)(H,26,29). The minimum atomic E-state index is -0.813. The first kappa shape index (κ1) is 22.1. The molecule has 1 saturated heterocycles. The average molecular weight is 430 g/mol. The number of piperidine rings is 1. The van der Waals surface area contributed by atoms with Gasteiger partial charge in [-0.1, -0.05) is 30.3 Å². The summed E-state index contributed by atoms with van der Waals surface area (Å²) in [5.41, 5.74) is 2.68. The number of hydrogen-bond donors (Lipinski definition) is 2. The fraction of sp³-hybridized carbons (Fsp3) is 0.391. The summed E-state index contributed by atoms with van der Waals surface area (Å²) in [6, 6.07) is 14.6. The smallest absolute Gasteiger partial charge is 0.253 e. The molecular formula is C23H28ClN3O3. The van der Waals surface area contributed by atoms with Crippen LogP contribution in [0, 0.1) is 0 Å². The number of alkyl halides is 1. The maximum atomic E-state index is 12.8. The predicted molar refractivity (Wildman–Crippen MR) is 120 cm³/mol. The van der Waals surface area contributed by atoms with E-state index in [1.54, 1.807) is 13.2 Å². The van der Waals surface area contributed by atoms with Crippen molar-refractivity contribution in [2.24, 2.45) is 0 Å². The minimum Gasteiger partial charge on any atom is -0.383 e. The van der Waals surface area contributed by atoms with Gasteiger partial charge in [0, 0.05) is 38.1 Å². The highest BCUT2D eigenvalue weighted by molar-refractivity contribution is 6.32. The first-order valence-corrected chi connectivity index (χ1v) is 10.7. The predicted octanol–water partition coefficient (Wildman–Crippen LogP) is 3.97. The second-order valence-electron chi connectivity index (χ2n) is 7.29. The third kappa shape index (κ3) is 5.74. The summed E-state index contributed by atoms with van der Waals surface area (Å²) in [6.07, 6.45) is 3.42. The van der Waals surface area contributed by atoms with E-state index in [0.29, 0.717) is 24.4 Å². The summed E-state index contributed by atoms with van der Waals surface area (Å²) in [7, 11) is 1.59. The molecule has 1 heterocycles. The summed E-state index contributed by atoms with van der Waals surface area (Å²) in [4.78, 5) is 27.7. The largest absolute Gasteiger partial charge is 0.383 e. The maximum absolute atomic E-state index is 12.8. The Morgan fingerprint density at radius 1 is 1.10 bits per heavy atom. The Morgan fingerprint density at radius 2 is 1.83 bits per heavy atom. The second-order valence-corrected chi connectivity index (χ2v) is 7.73. The summed E-state index contributed by atoms with van der Waals surface area (Å²) < 4.78 is 5.02. The SMILES string of the molecule is COCCNC(=O)c1cc(NC(=O)C(Cl)c2ccccc2)ccc1N1CCCCC1. The van der Waals surface area contributed by atoms with Gasteiger partial charge in [-0.25, -0.2) is 0 Å². The lowest BCUT2D eigenvalue weighted by Crippen LogP contribution is -2.33. The van der Waals surface area contributed by atoms with Crippen LogP contribution in [0.4, 0.5) is 11.4 Å². The summed E-state index contributed by atoms with van der Waals surface area (Å²) in [5, 5.41) is 4.90. The number of ether oxygens (including phenoxy) is 1. The van der Waals surface area contributed by atoms with E-state index in [1.165, 1.54) is 6.42 Å². The van der Waals surface area contributed by atoms with Crippen LogP contribution in [0.1, 0.15) is 40.6 Å². The van der Waals surface area contributed by atoms with Gasteiger partial charge >= 0.3 is 0 Å². The van der Waals surface area contributed by atoms with Crippen LogP contribution in [0.15, 0.2) is 48.5 Å². The van der Waals surface area contributed by atoms with Gasteiger partial charge < -0.3 is 20.3 Å². The lowest BCUT2D eigenvalue weighted by molar-refractivity contribution is -0.116. The van der Waals surface area contributed by atoms with Crippen molar-refractivity contribution in [1.82, 2.24) is 5.32 Å². The van der Waals surface area contributed by atoms with E-state index in [1.807, 2.05) is 42.5 Å². The van der Waals surface area contributed by atoms with Gasteiger partial charge in [0.1, 0.15) is 5.38 Å². The van der Waals surface area contributed by atoms with Crippen molar-refractivity contribution in [2.75, 3.05) is 43.6 Å². The van der Waals surface area contributed by atoms with Gasteiger partial charge in [-0.2, -0.15) is 0 Å². The molecular weight excluding hydrogens is 402 g/mol. The van der Waals surface area contributed by atoms with E-state index in [-0.39, 0.29) is 11.8 Å². The molecule has 0 radical (unpaired) electrons. The lowest BCUT2D eigenvalue weighted by atomic mass is 10.1. The molecule has 30 heavy (non-hydrogen) atoms. The molecule has 0 saturated carbocycles. The fourth-order valence-corrected chi connectivity index (χ4v) is 3.75. The molecule has 160 valence electrons. The Labute approximate surface area is 182 Å². The van der Waals surface area contributed by atoms with Crippen LogP contribution in [-0.2, 0) is 9.53 Å². The number of nitrogens with zero attached hydrogens (tertiary/aromatic N) is 1. The molecule has 1 fully saturated rings. The van der Waals surface area contributed by atoms with E-state index in [2.05, 4.69) is 15.5 Å². The van der Waals surface area contributed by atoms with Gasteiger partial charge in [-0.05, 0) is 43.0 Å². The van der Waals surface area contributed by atoms with Crippen molar-refractivity contribution in [3.8, 4) is 0 Å². The van der Waals surface area contributed by atoms with Gasteiger partial charge in [0.25, 0.3) is 5.91 Å². The van der Waals surface area contributed by atoms with E-state index >= 15 is 0 Å². The number of carbonyl (C=O) groups is 2. The average Bonchev–Trinajstić information content (AvgIpc) is 2.79. The maximum Gasteiger partial charge on any atom is 0.253 e. The molecule has 0 bridgehead atoms. The molecule has 0 aromatic heterocycles. The van der Waals surface area contributed by atoms with Crippen LogP contribution < -0.4 is 15.5 Å². The van der Waals surface area contributed by atoms with Gasteiger partial charge in [0.2, 0.25) is 5.91 Å². The molecule has 2 amide bonds. The molecule has 2 aromatic carbocycles. The molecule has 1 aliphatic rings. The van der Waals surface area contributed by atoms with Crippen LogP contribution in [0.3, 0.4) is 0 Å². The van der Waals surface area contributed by atoms with E-state index in [0.717, 1.165) is 37.2 Å². The Hall–Kier alpha value is -2.57. The van der Waals surface area contributed by atoms with Crippen molar-refractivity contribution < 1.29 is 14.3 Å². The number of rotatable bonds is 8. The number of nitrogens with one attached hydrogen (secondary N) is 2. The first-order chi connectivity index (χ1) is 14.6. The van der Waals surface area contributed by atoms with Crippen LogP contribution >= 0.6 is 11.6 Å². The summed E-state index contributed by atoms with van der Waals surface area (Å²) in [5.74, 6) is -0.520. The third-order valence-electron chi connectivity index (χ3n) is 5.12. The Balaban J connectivity index is 1.80. The number of anilines is 2. The van der Waals surface area contributed by atoms with Gasteiger partial charge in [0.15, 0.2) is 0 Å². The van der Waals surface area contributed by atoms with Crippen molar-refractivity contribution in [3.05, 3.63) is 59.7 Å². The van der Waals surface area contributed by atoms with Crippen molar-refractivity contribution in [3.63, 3.8) is 0 Å². The Morgan fingerprint density at radius 3 is 2.53 bits per heavy atom. The van der Waals surface area contributed by atoms with Crippen LogP contribution in [0.25, 0.3) is 0 Å². The zero-order valence-electron chi connectivity index (χ0n) is 17.2. The second kappa shape index (κ2) is 11.0. The third-order valence-corrected chi connectivity index (χ3v) is 5.57. The zero-order chi connectivity index (χ0) is 21.3. The highest BCUT2D eigenvalue weighted by atomic mass is 35.5. The normalized spacial score (nSPS) is 14.8. The van der Waals surface area contributed by atoms with Gasteiger partial charge in [-0.3, -0.25) is 9.59 Å². The fourth-order valence-electron chi connectivity index (χ4n) is 3.55. The molecule has 3 rings (SSSR count). The lowest BCUT2D eigenvalue weighted by Gasteiger charge is -2.30. The summed E-state index contributed by atoms with van der Waals surface area (Å²) in [6.45, 7) is 2.69. The van der Waals surface area contributed by atoms with E-state index in [4.69, 9.17) is 16.3 Å². The first-order valence-electron chi connectivity index (χ1n) is 10.3. The molecule has 0 aliphatic carbocycles. The van der Waals surface area contributed by atoms with Crippen LogP contribution in [0.5, 0.6) is 0 Å². The van der Waals surface area contributed by atoms with E-state index < -0.39 is 5.38 Å². The molecule has 6 nitrogen and oxygen atoms in total. The molecule has 2 aromatic rings. The monoisotopic (exact) mass is 429 g/mol. The van der Waals surface area contributed by atoms with Crippen molar-refractivity contribution in [1.29, 1.82) is 0 Å². The quantitative estimate of drug-likeness (QED) is 0.492. The molecule has 1 atom stereocenters. The number of methoxy groups -OCH3 is 1. The number of amides is 2. The minimum absolute atomic E-state index is 0.186. The van der Waals surface area contributed by atoms with E-state index in [9.17, 15) is 9.59 Å². The highest BCUT2D eigenvalue weighted by Gasteiger charge is 2.21. The topological polar surface area (TPSA) is 70.7 Å². The molecule has 2 N–H and O–H groups in total. The van der Waals surface area contributed by atoms with Crippen molar-refractivity contribution >= 4 is 34.8 Å². The highest BCUT2D eigenvalue weighted by Crippen LogP contribution is 2.28. The molecule has 0 spiro atoms. The van der Waals surface area contributed by atoms with Crippen molar-refractivity contribution in [2.45, 2.75) is 24.6 Å². The molecule has 1 aliphatic heterocycles. The Bertz CT molecular complexity index is 854. The number of halogens is 1. The van der Waals surface area contributed by atoms with Crippen LogP contribution in [0.2, 0.25) is 0 Å². The number of benzene rings is 2. The Kier molecular flexibility index (Phi) is 8.11. The zero-order valence-corrected chi connectivity index (χ0v) is 18.0.